The molecule has 1 amide bonds. The van der Waals surface area contributed by atoms with E-state index in [0.29, 0.717) is 30.0 Å². The molecule has 1 atom stereocenters. The molecule has 1 unspecified atom stereocenters. The molecule has 0 spiro atoms. The highest BCUT2D eigenvalue weighted by molar-refractivity contribution is 5.94. The van der Waals surface area contributed by atoms with Crippen molar-refractivity contribution in [1.82, 2.24) is 10.3 Å². The highest BCUT2D eigenvalue weighted by Crippen LogP contribution is 2.32. The van der Waals surface area contributed by atoms with Crippen LogP contribution in [0.4, 0.5) is 13.2 Å². The second-order valence-electron chi connectivity index (χ2n) is 6.16. The van der Waals surface area contributed by atoms with Gasteiger partial charge in [-0.15, -0.1) is 24.8 Å². The molecule has 0 radical (unpaired) electrons. The van der Waals surface area contributed by atoms with Gasteiger partial charge in [0.2, 0.25) is 5.88 Å². The van der Waals surface area contributed by atoms with Crippen molar-refractivity contribution in [2.75, 3.05) is 6.54 Å². The quantitative estimate of drug-likeness (QED) is 0.709. The van der Waals surface area contributed by atoms with Crippen LogP contribution < -0.4 is 15.8 Å². The Labute approximate surface area is 172 Å². The molecule has 5 nitrogen and oxygen atoms in total. The van der Waals surface area contributed by atoms with Gasteiger partial charge < -0.3 is 15.8 Å². The molecule has 0 bridgehead atoms. The summed E-state index contributed by atoms with van der Waals surface area (Å²) in [6.07, 6.45) is -1.57. The number of nitrogens with one attached hydrogen (secondary N) is 1. The number of amides is 1. The summed E-state index contributed by atoms with van der Waals surface area (Å²) in [7, 11) is 0. The molecule has 1 aliphatic carbocycles. The number of aromatic nitrogens is 1. The van der Waals surface area contributed by atoms with Crippen molar-refractivity contribution in [3.63, 3.8) is 0 Å². The lowest BCUT2D eigenvalue weighted by molar-refractivity contribution is -0.137. The normalized spacial score (nSPS) is 14.3. The summed E-state index contributed by atoms with van der Waals surface area (Å²) in [4.78, 5) is 15.9. The fourth-order valence-corrected chi connectivity index (χ4v) is 2.52. The molecule has 1 aromatic heterocycles. The molecule has 2 aromatic rings. The minimum Gasteiger partial charge on any atom is -0.439 e. The maximum absolute atomic E-state index is 12.5. The van der Waals surface area contributed by atoms with Crippen LogP contribution in [-0.4, -0.2) is 23.5 Å². The van der Waals surface area contributed by atoms with E-state index in [-0.39, 0.29) is 42.6 Å². The van der Waals surface area contributed by atoms with Gasteiger partial charge in [0.1, 0.15) is 5.75 Å². The lowest BCUT2D eigenvalue weighted by Gasteiger charge is -2.16. The first-order valence-corrected chi connectivity index (χ1v) is 8.19. The Bertz CT molecular complexity index is 767. The molecule has 1 fully saturated rings. The zero-order valence-electron chi connectivity index (χ0n) is 14.6. The molecule has 1 aliphatic rings. The molecule has 1 heterocycles. The van der Waals surface area contributed by atoms with Crippen molar-refractivity contribution in [3.05, 3.63) is 53.7 Å². The van der Waals surface area contributed by atoms with Crippen molar-refractivity contribution in [1.29, 1.82) is 0 Å². The van der Waals surface area contributed by atoms with Crippen LogP contribution in [0, 0.1) is 5.92 Å². The first-order valence-electron chi connectivity index (χ1n) is 8.19. The Hall–Kier alpha value is -2.03. The molecule has 1 saturated carbocycles. The van der Waals surface area contributed by atoms with E-state index in [9.17, 15) is 18.0 Å². The molecule has 3 rings (SSSR count). The number of carbonyl (C=O) groups excluding carboxylic acids is 1. The van der Waals surface area contributed by atoms with Crippen LogP contribution in [0.15, 0.2) is 42.6 Å². The molecule has 154 valence electrons. The van der Waals surface area contributed by atoms with Crippen LogP contribution in [0.5, 0.6) is 11.6 Å². The van der Waals surface area contributed by atoms with Crippen molar-refractivity contribution in [2.24, 2.45) is 11.7 Å². The minimum absolute atomic E-state index is 0. The van der Waals surface area contributed by atoms with Gasteiger partial charge >= 0.3 is 6.18 Å². The fraction of sp³-hybridized carbons (Fsp3) is 0.333. The summed E-state index contributed by atoms with van der Waals surface area (Å²) in [5.74, 6) is 0.641. The van der Waals surface area contributed by atoms with E-state index in [1.165, 1.54) is 0 Å². The lowest BCUT2D eigenvalue weighted by atomic mass is 10.1. The largest absolute Gasteiger partial charge is 0.439 e. The van der Waals surface area contributed by atoms with Crippen molar-refractivity contribution < 1.29 is 22.7 Å². The number of rotatable bonds is 6. The van der Waals surface area contributed by atoms with E-state index in [1.807, 2.05) is 0 Å². The Morgan fingerprint density at radius 2 is 1.82 bits per heavy atom. The summed E-state index contributed by atoms with van der Waals surface area (Å²) in [5, 5.41) is 2.91. The van der Waals surface area contributed by atoms with Crippen molar-refractivity contribution in [3.8, 4) is 11.6 Å². The first kappa shape index (κ1) is 24.0. The van der Waals surface area contributed by atoms with Crippen LogP contribution in [0.1, 0.15) is 28.8 Å². The predicted molar refractivity (Wildman–Crippen MR) is 103 cm³/mol. The van der Waals surface area contributed by atoms with E-state index in [4.69, 9.17) is 10.5 Å². The maximum atomic E-state index is 12.5. The highest BCUT2D eigenvalue weighted by Gasteiger charge is 2.32. The summed E-state index contributed by atoms with van der Waals surface area (Å²) in [6.45, 7) is 0.400. The number of nitrogens with two attached hydrogens (primary N) is 1. The number of hydrogen-bond acceptors (Lipinski definition) is 4. The van der Waals surface area contributed by atoms with Gasteiger partial charge in [-0.05, 0) is 49.1 Å². The Morgan fingerprint density at radius 1 is 1.18 bits per heavy atom. The standard InChI is InChI=1S/C18H18F3N3O2.2ClH/c19-18(20,21)13-5-8-16(23-10-13)26-14-6-3-12(4-7-14)17(25)24-15(9-22)11-1-2-11;;/h3-8,10-11,15H,1-2,9,22H2,(H,24,25);2*1H. The average Bonchev–Trinajstić information content (AvgIpc) is 3.45. The molecule has 1 aromatic carbocycles. The van der Waals surface area contributed by atoms with Crippen molar-refractivity contribution in [2.45, 2.75) is 25.1 Å². The summed E-state index contributed by atoms with van der Waals surface area (Å²) < 4.78 is 42.9. The van der Waals surface area contributed by atoms with Gasteiger partial charge in [-0.2, -0.15) is 13.2 Å². The SMILES string of the molecule is Cl.Cl.NCC(NC(=O)c1ccc(Oc2ccc(C(F)(F)F)cn2)cc1)C1CC1. The van der Waals surface area contributed by atoms with Crippen LogP contribution in [0.25, 0.3) is 0 Å². The van der Waals surface area contributed by atoms with Gasteiger partial charge in [-0.3, -0.25) is 4.79 Å². The van der Waals surface area contributed by atoms with Gasteiger partial charge in [0.05, 0.1) is 5.56 Å². The third-order valence-electron chi connectivity index (χ3n) is 4.16. The fourth-order valence-electron chi connectivity index (χ4n) is 2.52. The second-order valence-corrected chi connectivity index (χ2v) is 6.16. The zero-order valence-corrected chi connectivity index (χ0v) is 16.2. The number of pyridine rings is 1. The topological polar surface area (TPSA) is 77.2 Å². The number of benzene rings is 1. The van der Waals surface area contributed by atoms with Crippen LogP contribution in [0.3, 0.4) is 0 Å². The van der Waals surface area contributed by atoms with Crippen molar-refractivity contribution >= 4 is 30.7 Å². The number of nitrogens with zero attached hydrogens (tertiary/aromatic N) is 1. The average molecular weight is 438 g/mol. The zero-order chi connectivity index (χ0) is 18.7. The van der Waals surface area contributed by atoms with Crippen LogP contribution in [0.2, 0.25) is 0 Å². The van der Waals surface area contributed by atoms with Gasteiger partial charge in [0.15, 0.2) is 0 Å². The molecular formula is C18H20Cl2F3N3O2. The monoisotopic (exact) mass is 437 g/mol. The van der Waals surface area contributed by atoms with Gasteiger partial charge in [0, 0.05) is 30.4 Å². The number of hydrogen-bond donors (Lipinski definition) is 2. The molecule has 0 saturated heterocycles. The lowest BCUT2D eigenvalue weighted by Crippen LogP contribution is -2.41. The molecule has 28 heavy (non-hydrogen) atoms. The molecule has 10 heteroatoms. The van der Waals surface area contributed by atoms with Crippen LogP contribution >= 0.6 is 24.8 Å². The Morgan fingerprint density at radius 3 is 2.29 bits per heavy atom. The Kier molecular flexibility index (Phi) is 8.53. The molecular weight excluding hydrogens is 418 g/mol. The number of carbonyl (C=O) groups is 1. The second kappa shape index (κ2) is 9.95. The first-order chi connectivity index (χ1) is 12.4. The van der Waals surface area contributed by atoms with Gasteiger partial charge in [-0.1, -0.05) is 0 Å². The summed E-state index contributed by atoms with van der Waals surface area (Å²) in [5.41, 5.74) is 5.29. The highest BCUT2D eigenvalue weighted by atomic mass is 35.5. The van der Waals surface area contributed by atoms with Gasteiger partial charge in [-0.25, -0.2) is 4.98 Å². The predicted octanol–water partition coefficient (Wildman–Crippen LogP) is 4.20. The number of halogens is 5. The van der Waals surface area contributed by atoms with E-state index >= 15 is 0 Å². The summed E-state index contributed by atoms with van der Waals surface area (Å²) in [6, 6.07) is 8.30. The Balaban J connectivity index is 0.00000196. The number of alkyl halides is 3. The van der Waals surface area contributed by atoms with Crippen LogP contribution in [-0.2, 0) is 6.18 Å². The third kappa shape index (κ3) is 6.25. The molecule has 3 N–H and O–H groups in total. The van der Waals surface area contributed by atoms with E-state index in [2.05, 4.69) is 10.3 Å². The minimum atomic E-state index is -4.44. The van der Waals surface area contributed by atoms with E-state index in [1.54, 1.807) is 24.3 Å². The molecule has 0 aliphatic heterocycles. The van der Waals surface area contributed by atoms with Gasteiger partial charge in [0.25, 0.3) is 5.91 Å². The smallest absolute Gasteiger partial charge is 0.417 e. The number of ether oxygens (including phenoxy) is 1. The summed E-state index contributed by atoms with van der Waals surface area (Å²) >= 11 is 0. The van der Waals surface area contributed by atoms with E-state index in [0.717, 1.165) is 25.0 Å². The third-order valence-corrected chi connectivity index (χ3v) is 4.16. The maximum Gasteiger partial charge on any atom is 0.417 e. The van der Waals surface area contributed by atoms with E-state index < -0.39 is 11.7 Å².